The summed E-state index contributed by atoms with van der Waals surface area (Å²) < 4.78 is 0. The summed E-state index contributed by atoms with van der Waals surface area (Å²) in [5.74, 6) is 0.704. The van der Waals surface area contributed by atoms with E-state index in [9.17, 15) is 4.79 Å². The Hall–Kier alpha value is -1.18. The quantitative estimate of drug-likeness (QED) is 0.604. The van der Waals surface area contributed by atoms with Gasteiger partial charge in [-0.2, -0.15) is 0 Å². The van der Waals surface area contributed by atoms with Crippen LogP contribution in [0.25, 0.3) is 0 Å². The molecule has 1 aromatic heterocycles. The van der Waals surface area contributed by atoms with Crippen LogP contribution >= 0.6 is 0 Å². The van der Waals surface area contributed by atoms with Gasteiger partial charge in [-0.1, -0.05) is 6.92 Å². The summed E-state index contributed by atoms with van der Waals surface area (Å²) in [4.78, 5) is 16.0. The Morgan fingerprint density at radius 3 is 2.92 bits per heavy atom. The van der Waals surface area contributed by atoms with Gasteiger partial charge in [0.1, 0.15) is 0 Å². The molecule has 0 amide bonds. The number of nitrogens with zero attached hydrogens (tertiary/aromatic N) is 1. The number of hydrogen-bond acceptors (Lipinski definition) is 2. The molecule has 1 aliphatic rings. The highest BCUT2D eigenvalue weighted by Crippen LogP contribution is 2.23. The van der Waals surface area contributed by atoms with Crippen molar-refractivity contribution in [3.8, 4) is 0 Å². The van der Waals surface area contributed by atoms with E-state index in [-0.39, 0.29) is 5.78 Å². The maximum atomic E-state index is 11.6. The molecule has 0 spiro atoms. The molecule has 1 atom stereocenters. The van der Waals surface area contributed by atoms with Gasteiger partial charge in [-0.25, -0.2) is 0 Å². The fourth-order valence-corrected chi connectivity index (χ4v) is 1.85. The standard InChI is InChI=1S/C11H13NO/c1-7-5-10-9(11(13)6-7)4-3-8(2)12-10/h3-4,7H,5-6H2,1-2H3/t7-/m0/s1. The van der Waals surface area contributed by atoms with Crippen molar-refractivity contribution in [2.45, 2.75) is 26.7 Å². The number of ketones is 1. The van der Waals surface area contributed by atoms with E-state index in [1.165, 1.54) is 0 Å². The molecule has 0 N–H and O–H groups in total. The van der Waals surface area contributed by atoms with Crippen LogP contribution in [0.4, 0.5) is 0 Å². The van der Waals surface area contributed by atoms with E-state index in [0.717, 1.165) is 23.4 Å². The molecule has 68 valence electrons. The third-order valence-corrected chi connectivity index (χ3v) is 2.49. The first-order chi connectivity index (χ1) is 6.16. The first kappa shape index (κ1) is 8.42. The zero-order valence-electron chi connectivity index (χ0n) is 8.00. The number of carbonyl (C=O) groups excluding carboxylic acids is 1. The molecule has 2 heteroatoms. The maximum Gasteiger partial charge on any atom is 0.164 e. The van der Waals surface area contributed by atoms with Crippen molar-refractivity contribution < 1.29 is 4.79 Å². The fraction of sp³-hybridized carbons (Fsp3) is 0.455. The van der Waals surface area contributed by atoms with Crippen LogP contribution in [-0.2, 0) is 6.42 Å². The molecule has 0 aliphatic heterocycles. The summed E-state index contributed by atoms with van der Waals surface area (Å²) in [6.45, 7) is 4.06. The summed E-state index contributed by atoms with van der Waals surface area (Å²) in [7, 11) is 0. The van der Waals surface area contributed by atoms with Crippen LogP contribution in [0.1, 0.15) is 35.1 Å². The van der Waals surface area contributed by atoms with E-state index in [0.29, 0.717) is 12.3 Å². The van der Waals surface area contributed by atoms with E-state index in [1.54, 1.807) is 0 Å². The Bertz CT molecular complexity index is 357. The van der Waals surface area contributed by atoms with Crippen LogP contribution in [0.2, 0.25) is 0 Å². The van der Waals surface area contributed by atoms with E-state index in [1.807, 2.05) is 19.1 Å². The number of rotatable bonds is 0. The lowest BCUT2D eigenvalue weighted by atomic mass is 9.87. The number of Topliss-reactive ketones (excluding diaryl/α,β-unsaturated/α-hetero) is 1. The van der Waals surface area contributed by atoms with Gasteiger partial charge in [-0.05, 0) is 31.4 Å². The molecule has 0 aromatic carbocycles. The number of carbonyl (C=O) groups is 1. The van der Waals surface area contributed by atoms with Gasteiger partial charge in [0.25, 0.3) is 0 Å². The number of aromatic nitrogens is 1. The molecule has 1 heterocycles. The van der Waals surface area contributed by atoms with Crippen LogP contribution in [0.15, 0.2) is 12.1 Å². The van der Waals surface area contributed by atoms with E-state index in [4.69, 9.17) is 0 Å². The molecule has 2 nitrogen and oxygen atoms in total. The molecule has 0 fully saturated rings. The summed E-state index contributed by atoms with van der Waals surface area (Å²) in [5, 5.41) is 0. The average molecular weight is 175 g/mol. The van der Waals surface area contributed by atoms with Crippen LogP contribution < -0.4 is 0 Å². The van der Waals surface area contributed by atoms with E-state index >= 15 is 0 Å². The zero-order chi connectivity index (χ0) is 9.42. The number of hydrogen-bond donors (Lipinski definition) is 0. The van der Waals surface area contributed by atoms with Crippen molar-refractivity contribution in [2.75, 3.05) is 0 Å². The molecule has 0 saturated carbocycles. The zero-order valence-corrected chi connectivity index (χ0v) is 8.00. The summed E-state index contributed by atoms with van der Waals surface area (Å²) in [5.41, 5.74) is 2.83. The lowest BCUT2D eigenvalue weighted by Crippen LogP contribution is -2.19. The second-order valence-corrected chi connectivity index (χ2v) is 3.88. The molecule has 13 heavy (non-hydrogen) atoms. The minimum Gasteiger partial charge on any atom is -0.294 e. The van der Waals surface area contributed by atoms with Gasteiger partial charge in [0, 0.05) is 17.7 Å². The van der Waals surface area contributed by atoms with Gasteiger partial charge in [0.05, 0.1) is 5.69 Å². The Morgan fingerprint density at radius 2 is 2.15 bits per heavy atom. The summed E-state index contributed by atoms with van der Waals surface area (Å²) in [6, 6.07) is 3.82. The first-order valence-electron chi connectivity index (χ1n) is 4.66. The minimum atomic E-state index is 0.251. The van der Waals surface area contributed by atoms with Crippen molar-refractivity contribution in [1.82, 2.24) is 4.98 Å². The van der Waals surface area contributed by atoms with Gasteiger partial charge in [-0.15, -0.1) is 0 Å². The smallest absolute Gasteiger partial charge is 0.164 e. The Balaban J connectivity index is 2.49. The van der Waals surface area contributed by atoms with Crippen molar-refractivity contribution >= 4 is 5.78 Å². The molecular weight excluding hydrogens is 162 g/mol. The van der Waals surface area contributed by atoms with E-state index < -0.39 is 0 Å². The molecule has 2 rings (SSSR count). The normalized spacial score (nSPS) is 21.4. The molecule has 0 saturated heterocycles. The second kappa shape index (κ2) is 2.95. The highest BCUT2D eigenvalue weighted by molar-refractivity contribution is 5.98. The Labute approximate surface area is 78.0 Å². The van der Waals surface area contributed by atoms with Gasteiger partial charge >= 0.3 is 0 Å². The number of aryl methyl sites for hydroxylation is 1. The molecule has 1 aromatic rings. The lowest BCUT2D eigenvalue weighted by molar-refractivity contribution is 0.0952. The highest BCUT2D eigenvalue weighted by Gasteiger charge is 2.22. The summed E-state index contributed by atoms with van der Waals surface area (Å²) in [6.07, 6.45) is 1.63. The predicted molar refractivity (Wildman–Crippen MR) is 50.8 cm³/mol. The third kappa shape index (κ3) is 1.48. The molecular formula is C11H13NO. The predicted octanol–water partition coefficient (Wildman–Crippen LogP) is 2.16. The molecule has 0 unspecified atom stereocenters. The molecule has 0 bridgehead atoms. The van der Waals surface area contributed by atoms with Gasteiger partial charge in [0.2, 0.25) is 0 Å². The van der Waals surface area contributed by atoms with E-state index in [2.05, 4.69) is 11.9 Å². The highest BCUT2D eigenvalue weighted by atomic mass is 16.1. The Kier molecular flexibility index (Phi) is 1.91. The topological polar surface area (TPSA) is 30.0 Å². The largest absolute Gasteiger partial charge is 0.294 e. The van der Waals surface area contributed by atoms with Crippen LogP contribution in [0, 0.1) is 12.8 Å². The summed E-state index contributed by atoms with van der Waals surface area (Å²) >= 11 is 0. The SMILES string of the molecule is Cc1ccc2c(n1)C[C@H](C)CC2=O. The van der Waals surface area contributed by atoms with Crippen molar-refractivity contribution in [2.24, 2.45) is 5.92 Å². The second-order valence-electron chi connectivity index (χ2n) is 3.88. The third-order valence-electron chi connectivity index (χ3n) is 2.49. The minimum absolute atomic E-state index is 0.251. The molecule has 1 aliphatic carbocycles. The maximum absolute atomic E-state index is 11.6. The lowest BCUT2D eigenvalue weighted by Gasteiger charge is -2.19. The van der Waals surface area contributed by atoms with Crippen molar-refractivity contribution in [3.05, 3.63) is 29.1 Å². The number of pyridine rings is 1. The van der Waals surface area contributed by atoms with Gasteiger partial charge in [-0.3, -0.25) is 9.78 Å². The average Bonchev–Trinajstić information content (AvgIpc) is 2.02. The fourth-order valence-electron chi connectivity index (χ4n) is 1.85. The number of fused-ring (bicyclic) bond motifs is 1. The van der Waals surface area contributed by atoms with Crippen LogP contribution in [0.5, 0.6) is 0 Å². The first-order valence-corrected chi connectivity index (χ1v) is 4.66. The van der Waals surface area contributed by atoms with Gasteiger partial charge in [0.15, 0.2) is 5.78 Å². The van der Waals surface area contributed by atoms with Gasteiger partial charge < -0.3 is 0 Å². The van der Waals surface area contributed by atoms with Crippen molar-refractivity contribution in [3.63, 3.8) is 0 Å². The van der Waals surface area contributed by atoms with Crippen LogP contribution in [0.3, 0.4) is 0 Å². The monoisotopic (exact) mass is 175 g/mol. The van der Waals surface area contributed by atoms with Crippen molar-refractivity contribution in [1.29, 1.82) is 0 Å². The molecule has 0 radical (unpaired) electrons. The Morgan fingerprint density at radius 1 is 1.38 bits per heavy atom. The van der Waals surface area contributed by atoms with Crippen LogP contribution in [-0.4, -0.2) is 10.8 Å².